The Balaban J connectivity index is 1.88. The summed E-state index contributed by atoms with van der Waals surface area (Å²) in [5.41, 5.74) is 0.853. The highest BCUT2D eigenvalue weighted by Crippen LogP contribution is 2.20. The summed E-state index contributed by atoms with van der Waals surface area (Å²) in [6.07, 6.45) is 2.36. The number of nitrogens with one attached hydrogen (secondary N) is 2. The monoisotopic (exact) mass is 322 g/mol. The molecule has 0 atom stereocenters. The fourth-order valence-corrected chi connectivity index (χ4v) is 2.48. The maximum Gasteiger partial charge on any atom is 0.257 e. The number of aromatic nitrogens is 1. The van der Waals surface area contributed by atoms with Crippen LogP contribution in [-0.2, 0) is 0 Å². The summed E-state index contributed by atoms with van der Waals surface area (Å²) in [5.74, 6) is 0.427. The van der Waals surface area contributed by atoms with Gasteiger partial charge in [-0.05, 0) is 24.6 Å². The van der Waals surface area contributed by atoms with Crippen molar-refractivity contribution < 1.29 is 9.53 Å². The molecule has 0 radical (unpaired) electrons. The van der Waals surface area contributed by atoms with Crippen LogP contribution in [0.15, 0.2) is 59.5 Å². The zero-order valence-corrected chi connectivity index (χ0v) is 13.3. The SMILES string of the molecule is CCCOc1cccc(NC(=O)c2c[nH]c(=O)c3ccccc23)c1. The van der Waals surface area contributed by atoms with Crippen LogP contribution in [0.3, 0.4) is 0 Å². The Morgan fingerprint density at radius 1 is 1.12 bits per heavy atom. The molecule has 5 heteroatoms. The van der Waals surface area contributed by atoms with Gasteiger partial charge in [0, 0.05) is 28.7 Å². The van der Waals surface area contributed by atoms with E-state index in [2.05, 4.69) is 10.3 Å². The predicted octanol–water partition coefficient (Wildman–Crippen LogP) is 3.57. The number of pyridine rings is 1. The first-order chi connectivity index (χ1) is 11.7. The Morgan fingerprint density at radius 2 is 1.92 bits per heavy atom. The Labute approximate surface area is 139 Å². The van der Waals surface area contributed by atoms with E-state index in [4.69, 9.17) is 4.74 Å². The van der Waals surface area contributed by atoms with E-state index in [1.54, 1.807) is 36.4 Å². The molecule has 0 saturated heterocycles. The van der Waals surface area contributed by atoms with Gasteiger partial charge in [-0.1, -0.05) is 31.2 Å². The predicted molar refractivity (Wildman–Crippen MR) is 94.7 cm³/mol. The molecular weight excluding hydrogens is 304 g/mol. The molecule has 2 aromatic carbocycles. The molecule has 0 aliphatic heterocycles. The molecule has 0 fully saturated rings. The molecule has 122 valence electrons. The van der Waals surface area contributed by atoms with Crippen LogP contribution in [-0.4, -0.2) is 17.5 Å². The molecular formula is C19H18N2O3. The van der Waals surface area contributed by atoms with Crippen molar-refractivity contribution >= 4 is 22.4 Å². The van der Waals surface area contributed by atoms with Crippen molar-refractivity contribution in [1.29, 1.82) is 0 Å². The Kier molecular flexibility index (Phi) is 4.61. The lowest BCUT2D eigenvalue weighted by Crippen LogP contribution is -2.16. The molecule has 2 N–H and O–H groups in total. The summed E-state index contributed by atoms with van der Waals surface area (Å²) in [6.45, 7) is 2.66. The molecule has 1 aromatic heterocycles. The average molecular weight is 322 g/mol. The van der Waals surface area contributed by atoms with Crippen LogP contribution in [0, 0.1) is 0 Å². The summed E-state index contributed by atoms with van der Waals surface area (Å²) in [7, 11) is 0. The highest BCUT2D eigenvalue weighted by atomic mass is 16.5. The zero-order valence-electron chi connectivity index (χ0n) is 13.3. The summed E-state index contributed by atoms with van der Waals surface area (Å²) < 4.78 is 5.57. The molecule has 0 saturated carbocycles. The van der Waals surface area contributed by atoms with E-state index in [0.29, 0.717) is 34.4 Å². The minimum absolute atomic E-state index is 0.211. The smallest absolute Gasteiger partial charge is 0.257 e. The molecule has 5 nitrogen and oxygen atoms in total. The Morgan fingerprint density at radius 3 is 2.71 bits per heavy atom. The Bertz CT molecular complexity index is 931. The molecule has 0 unspecified atom stereocenters. The van der Waals surface area contributed by atoms with E-state index in [9.17, 15) is 9.59 Å². The second-order valence-corrected chi connectivity index (χ2v) is 5.41. The van der Waals surface area contributed by atoms with E-state index in [0.717, 1.165) is 6.42 Å². The van der Waals surface area contributed by atoms with Gasteiger partial charge in [-0.15, -0.1) is 0 Å². The van der Waals surface area contributed by atoms with Crippen LogP contribution in [0.25, 0.3) is 10.8 Å². The Hall–Kier alpha value is -3.08. The molecule has 3 aromatic rings. The molecule has 0 aliphatic rings. The molecule has 24 heavy (non-hydrogen) atoms. The number of ether oxygens (including phenoxy) is 1. The molecule has 1 heterocycles. The quantitative estimate of drug-likeness (QED) is 0.754. The number of carbonyl (C=O) groups is 1. The summed E-state index contributed by atoms with van der Waals surface area (Å²) in [6, 6.07) is 14.3. The van der Waals surface area contributed by atoms with Crippen molar-refractivity contribution in [3.8, 4) is 5.75 Å². The van der Waals surface area contributed by atoms with Crippen molar-refractivity contribution in [2.45, 2.75) is 13.3 Å². The number of hydrogen-bond acceptors (Lipinski definition) is 3. The number of rotatable bonds is 5. The van der Waals surface area contributed by atoms with E-state index >= 15 is 0 Å². The van der Waals surface area contributed by atoms with Gasteiger partial charge in [0.05, 0.1) is 12.2 Å². The van der Waals surface area contributed by atoms with Crippen molar-refractivity contribution in [2.75, 3.05) is 11.9 Å². The first-order valence-corrected chi connectivity index (χ1v) is 7.83. The fraction of sp³-hybridized carbons (Fsp3) is 0.158. The number of aromatic amines is 1. The number of hydrogen-bond donors (Lipinski definition) is 2. The van der Waals surface area contributed by atoms with Gasteiger partial charge in [-0.25, -0.2) is 0 Å². The van der Waals surface area contributed by atoms with Crippen molar-refractivity contribution in [1.82, 2.24) is 4.98 Å². The van der Waals surface area contributed by atoms with Gasteiger partial charge in [-0.2, -0.15) is 0 Å². The van der Waals surface area contributed by atoms with Crippen LogP contribution in [0.1, 0.15) is 23.7 Å². The van der Waals surface area contributed by atoms with E-state index in [1.807, 2.05) is 19.1 Å². The second-order valence-electron chi connectivity index (χ2n) is 5.41. The summed E-state index contributed by atoms with van der Waals surface area (Å²) in [5, 5.41) is 3.96. The first kappa shape index (κ1) is 15.8. The lowest BCUT2D eigenvalue weighted by atomic mass is 10.1. The van der Waals surface area contributed by atoms with Crippen LogP contribution in [0.4, 0.5) is 5.69 Å². The van der Waals surface area contributed by atoms with Crippen LogP contribution in [0.5, 0.6) is 5.75 Å². The highest BCUT2D eigenvalue weighted by Gasteiger charge is 2.12. The highest BCUT2D eigenvalue weighted by molar-refractivity contribution is 6.12. The van der Waals surface area contributed by atoms with Gasteiger partial charge in [-0.3, -0.25) is 9.59 Å². The third-order valence-corrected chi connectivity index (χ3v) is 3.62. The van der Waals surface area contributed by atoms with E-state index in [-0.39, 0.29) is 11.5 Å². The number of benzene rings is 2. The summed E-state index contributed by atoms with van der Waals surface area (Å²) >= 11 is 0. The van der Waals surface area contributed by atoms with Gasteiger partial charge < -0.3 is 15.0 Å². The van der Waals surface area contributed by atoms with Crippen LogP contribution in [0.2, 0.25) is 0 Å². The molecule has 0 aliphatic carbocycles. The molecule has 1 amide bonds. The average Bonchev–Trinajstić information content (AvgIpc) is 2.61. The maximum atomic E-state index is 12.6. The van der Waals surface area contributed by atoms with Gasteiger partial charge in [0.1, 0.15) is 5.75 Å². The summed E-state index contributed by atoms with van der Waals surface area (Å²) in [4.78, 5) is 27.1. The lowest BCUT2D eigenvalue weighted by molar-refractivity contribution is 0.102. The third-order valence-electron chi connectivity index (χ3n) is 3.62. The van der Waals surface area contributed by atoms with Crippen molar-refractivity contribution in [3.63, 3.8) is 0 Å². The van der Waals surface area contributed by atoms with Gasteiger partial charge in [0.15, 0.2) is 0 Å². The molecule has 0 spiro atoms. The fourth-order valence-electron chi connectivity index (χ4n) is 2.48. The standard InChI is InChI=1S/C19H18N2O3/c1-2-10-24-14-7-5-6-13(11-14)21-19(23)17-12-20-18(22)16-9-4-3-8-15(16)17/h3-9,11-12H,2,10H2,1H3,(H,20,22)(H,21,23). The third kappa shape index (κ3) is 3.30. The van der Waals surface area contributed by atoms with Crippen LogP contribution < -0.4 is 15.6 Å². The zero-order chi connectivity index (χ0) is 16.9. The number of H-pyrrole nitrogens is 1. The van der Waals surface area contributed by atoms with Gasteiger partial charge >= 0.3 is 0 Å². The van der Waals surface area contributed by atoms with E-state index < -0.39 is 0 Å². The first-order valence-electron chi connectivity index (χ1n) is 7.83. The van der Waals surface area contributed by atoms with Crippen molar-refractivity contribution in [3.05, 3.63) is 70.6 Å². The number of anilines is 1. The van der Waals surface area contributed by atoms with E-state index in [1.165, 1.54) is 6.20 Å². The number of carbonyl (C=O) groups excluding carboxylic acids is 1. The van der Waals surface area contributed by atoms with Gasteiger partial charge in [0.25, 0.3) is 11.5 Å². The molecule has 3 rings (SSSR count). The minimum atomic E-state index is -0.282. The lowest BCUT2D eigenvalue weighted by Gasteiger charge is -2.10. The number of fused-ring (bicyclic) bond motifs is 1. The van der Waals surface area contributed by atoms with Crippen molar-refractivity contribution in [2.24, 2.45) is 0 Å². The normalized spacial score (nSPS) is 10.5. The largest absolute Gasteiger partial charge is 0.494 e. The van der Waals surface area contributed by atoms with Gasteiger partial charge in [0.2, 0.25) is 0 Å². The minimum Gasteiger partial charge on any atom is -0.494 e. The maximum absolute atomic E-state index is 12.6. The van der Waals surface area contributed by atoms with Crippen LogP contribution >= 0.6 is 0 Å². The molecule has 0 bridgehead atoms. The topological polar surface area (TPSA) is 71.2 Å². The second kappa shape index (κ2) is 7.00. The number of amides is 1.